The van der Waals surface area contributed by atoms with E-state index in [1.165, 1.54) is 0 Å². The molecule has 0 aromatic heterocycles. The molecule has 1 heterocycles. The molecule has 8 nitrogen and oxygen atoms in total. The van der Waals surface area contributed by atoms with E-state index in [2.05, 4.69) is 0 Å². The monoisotopic (exact) mass is 404 g/mol. The Balaban J connectivity index is 1.43. The molecule has 0 bridgehead atoms. The number of ketones is 1. The molecule has 2 aromatic rings. The van der Waals surface area contributed by atoms with Crippen molar-refractivity contribution in [2.75, 3.05) is 41.3 Å². The number of ether oxygens (including phenoxy) is 7. The van der Waals surface area contributed by atoms with Gasteiger partial charge in [0.1, 0.15) is 28.8 Å². The summed E-state index contributed by atoms with van der Waals surface area (Å²) in [5, 5.41) is 0. The van der Waals surface area contributed by atoms with Crippen LogP contribution in [0.5, 0.6) is 40.2 Å². The first kappa shape index (κ1) is 20.4. The summed E-state index contributed by atoms with van der Waals surface area (Å²) < 4.78 is 37.6. The third-order valence-electron chi connectivity index (χ3n) is 4.26. The molecule has 0 spiro atoms. The van der Waals surface area contributed by atoms with Gasteiger partial charge in [-0.3, -0.25) is 4.79 Å². The fourth-order valence-corrected chi connectivity index (χ4v) is 2.74. The van der Waals surface area contributed by atoms with E-state index in [4.69, 9.17) is 33.2 Å². The largest absolute Gasteiger partial charge is 0.496 e. The van der Waals surface area contributed by atoms with Gasteiger partial charge < -0.3 is 33.2 Å². The van der Waals surface area contributed by atoms with Crippen molar-refractivity contribution in [3.05, 3.63) is 30.3 Å². The van der Waals surface area contributed by atoms with E-state index in [-0.39, 0.29) is 38.6 Å². The van der Waals surface area contributed by atoms with E-state index >= 15 is 0 Å². The van der Waals surface area contributed by atoms with Gasteiger partial charge in [0.05, 0.1) is 34.5 Å². The first-order chi connectivity index (χ1) is 14.1. The first-order valence-corrected chi connectivity index (χ1v) is 9.11. The van der Waals surface area contributed by atoms with Crippen molar-refractivity contribution in [3.63, 3.8) is 0 Å². The first-order valence-electron chi connectivity index (χ1n) is 9.11. The number of hydrogen-bond donors (Lipinski definition) is 0. The van der Waals surface area contributed by atoms with Gasteiger partial charge in [-0.2, -0.15) is 0 Å². The molecule has 8 heteroatoms. The van der Waals surface area contributed by atoms with E-state index in [1.807, 2.05) is 0 Å². The molecule has 0 fully saturated rings. The Bertz CT molecular complexity index is 827. The van der Waals surface area contributed by atoms with Crippen LogP contribution < -0.4 is 33.2 Å². The Morgan fingerprint density at radius 3 is 1.97 bits per heavy atom. The minimum Gasteiger partial charge on any atom is -0.496 e. The summed E-state index contributed by atoms with van der Waals surface area (Å²) in [6.45, 7) is 0.647. The van der Waals surface area contributed by atoms with Gasteiger partial charge in [0.25, 0.3) is 0 Å². The number of carbonyl (C=O) groups is 1. The minimum absolute atomic E-state index is 0.0348. The molecular formula is C21H24O8. The molecule has 3 rings (SSSR count). The summed E-state index contributed by atoms with van der Waals surface area (Å²) in [7, 11) is 4.68. The summed E-state index contributed by atoms with van der Waals surface area (Å²) in [6, 6.07) is 8.65. The van der Waals surface area contributed by atoms with Crippen LogP contribution in [0.15, 0.2) is 30.3 Å². The lowest BCUT2D eigenvalue weighted by atomic mass is 10.2. The third-order valence-corrected chi connectivity index (χ3v) is 4.26. The van der Waals surface area contributed by atoms with E-state index in [9.17, 15) is 4.79 Å². The average molecular weight is 404 g/mol. The summed E-state index contributed by atoms with van der Waals surface area (Å²) >= 11 is 0. The lowest BCUT2D eigenvalue weighted by Gasteiger charge is -2.11. The van der Waals surface area contributed by atoms with Gasteiger partial charge >= 0.3 is 0 Å². The van der Waals surface area contributed by atoms with E-state index in [1.54, 1.807) is 51.7 Å². The van der Waals surface area contributed by atoms with Crippen molar-refractivity contribution in [2.24, 2.45) is 0 Å². The molecule has 0 N–H and O–H groups in total. The van der Waals surface area contributed by atoms with Gasteiger partial charge in [0.2, 0.25) is 12.5 Å². The van der Waals surface area contributed by atoms with Crippen molar-refractivity contribution in [3.8, 4) is 40.2 Å². The van der Waals surface area contributed by atoms with Crippen LogP contribution in [0.2, 0.25) is 0 Å². The zero-order valence-corrected chi connectivity index (χ0v) is 16.7. The maximum Gasteiger partial charge on any atom is 0.231 e. The van der Waals surface area contributed by atoms with Gasteiger partial charge in [-0.25, -0.2) is 0 Å². The number of fused-ring (bicyclic) bond motifs is 1. The topological polar surface area (TPSA) is 81.7 Å². The fraction of sp³-hybridized carbons (Fsp3) is 0.381. The van der Waals surface area contributed by atoms with Crippen molar-refractivity contribution in [1.29, 1.82) is 0 Å². The standard InChI is InChI=1S/C21H24O8/c1-23-15-8-16(24-2)10-17(9-15)26-6-4-14(22)5-7-27-18-11-19(25-3)21-20(12-18)28-13-29-21/h8-12H,4-7,13H2,1-3H3. The summed E-state index contributed by atoms with van der Waals surface area (Å²) in [5.41, 5.74) is 0. The number of rotatable bonds is 11. The van der Waals surface area contributed by atoms with Crippen molar-refractivity contribution >= 4 is 5.78 Å². The Hall–Kier alpha value is -3.29. The van der Waals surface area contributed by atoms with Crippen LogP contribution in [-0.4, -0.2) is 47.1 Å². The van der Waals surface area contributed by atoms with Crippen molar-refractivity contribution in [1.82, 2.24) is 0 Å². The highest BCUT2D eigenvalue weighted by molar-refractivity contribution is 5.78. The number of carbonyl (C=O) groups excluding carboxylic acids is 1. The lowest BCUT2D eigenvalue weighted by molar-refractivity contribution is -0.120. The molecule has 0 amide bonds. The predicted octanol–water partition coefficient (Wildman–Crippen LogP) is 3.25. The zero-order valence-electron chi connectivity index (χ0n) is 16.7. The molecule has 1 aliphatic heterocycles. The van der Waals surface area contributed by atoms with Gasteiger partial charge in [0, 0.05) is 43.2 Å². The second-order valence-corrected chi connectivity index (χ2v) is 6.14. The number of hydrogen-bond acceptors (Lipinski definition) is 8. The smallest absolute Gasteiger partial charge is 0.231 e. The predicted molar refractivity (Wildman–Crippen MR) is 104 cm³/mol. The van der Waals surface area contributed by atoms with Crippen LogP contribution in [0, 0.1) is 0 Å². The van der Waals surface area contributed by atoms with Gasteiger partial charge in [0.15, 0.2) is 11.5 Å². The van der Waals surface area contributed by atoms with Crippen LogP contribution in [0.3, 0.4) is 0 Å². The summed E-state index contributed by atoms with van der Waals surface area (Å²) in [5.74, 6) is 4.07. The number of methoxy groups -OCH3 is 3. The van der Waals surface area contributed by atoms with Gasteiger partial charge in [-0.05, 0) is 0 Å². The zero-order chi connectivity index (χ0) is 20.6. The molecule has 0 atom stereocenters. The highest BCUT2D eigenvalue weighted by Gasteiger charge is 2.20. The number of benzene rings is 2. The molecule has 0 aliphatic carbocycles. The Kier molecular flexibility index (Phi) is 6.89. The van der Waals surface area contributed by atoms with Crippen LogP contribution in [0.4, 0.5) is 0 Å². The minimum atomic E-state index is 0.0348. The average Bonchev–Trinajstić information content (AvgIpc) is 3.21. The molecule has 0 radical (unpaired) electrons. The molecular weight excluding hydrogens is 380 g/mol. The molecule has 156 valence electrons. The van der Waals surface area contributed by atoms with Crippen molar-refractivity contribution < 1.29 is 38.0 Å². The molecule has 1 aliphatic rings. The highest BCUT2D eigenvalue weighted by atomic mass is 16.7. The van der Waals surface area contributed by atoms with Crippen LogP contribution in [0.1, 0.15) is 12.8 Å². The lowest BCUT2D eigenvalue weighted by Crippen LogP contribution is -2.10. The van der Waals surface area contributed by atoms with Crippen molar-refractivity contribution in [2.45, 2.75) is 12.8 Å². The molecule has 0 saturated carbocycles. The van der Waals surface area contributed by atoms with Crippen LogP contribution >= 0.6 is 0 Å². The SMILES string of the molecule is COc1cc(OC)cc(OCCC(=O)CCOc2cc(OC)c3c(c2)OCO3)c1. The summed E-state index contributed by atoms with van der Waals surface area (Å²) in [6.07, 6.45) is 0.537. The normalized spacial score (nSPS) is 11.7. The Labute approximate surface area is 169 Å². The second-order valence-electron chi connectivity index (χ2n) is 6.14. The van der Waals surface area contributed by atoms with E-state index in [0.717, 1.165) is 0 Å². The van der Waals surface area contributed by atoms with E-state index < -0.39 is 0 Å². The fourth-order valence-electron chi connectivity index (χ4n) is 2.74. The quantitative estimate of drug-likeness (QED) is 0.565. The van der Waals surface area contributed by atoms with Crippen LogP contribution in [0.25, 0.3) is 0 Å². The Morgan fingerprint density at radius 2 is 1.38 bits per heavy atom. The number of Topliss-reactive ketones (excluding diaryl/α,β-unsaturated/α-hetero) is 1. The maximum atomic E-state index is 12.1. The van der Waals surface area contributed by atoms with Gasteiger partial charge in [-0.1, -0.05) is 0 Å². The molecule has 2 aromatic carbocycles. The van der Waals surface area contributed by atoms with Crippen LogP contribution in [-0.2, 0) is 4.79 Å². The van der Waals surface area contributed by atoms with Gasteiger partial charge in [-0.15, -0.1) is 0 Å². The highest BCUT2D eigenvalue weighted by Crippen LogP contribution is 2.44. The molecule has 0 saturated heterocycles. The molecule has 29 heavy (non-hydrogen) atoms. The molecule has 0 unspecified atom stereocenters. The maximum absolute atomic E-state index is 12.1. The van der Waals surface area contributed by atoms with E-state index in [0.29, 0.717) is 40.2 Å². The Morgan fingerprint density at radius 1 is 0.793 bits per heavy atom. The summed E-state index contributed by atoms with van der Waals surface area (Å²) in [4.78, 5) is 12.1. The third kappa shape index (κ3) is 5.37. The second kappa shape index (κ2) is 9.77.